The second kappa shape index (κ2) is 11.4. The minimum atomic E-state index is -0.808. The maximum Gasteiger partial charge on any atom is 0.379 e. The summed E-state index contributed by atoms with van der Waals surface area (Å²) >= 11 is 0. The van der Waals surface area contributed by atoms with Gasteiger partial charge in [0.25, 0.3) is 17.5 Å². The number of carbonyl (C=O) groups is 3. The van der Waals surface area contributed by atoms with E-state index in [-0.39, 0.29) is 34.2 Å². The van der Waals surface area contributed by atoms with E-state index in [0.29, 0.717) is 11.3 Å². The number of benzene rings is 3. The van der Waals surface area contributed by atoms with Gasteiger partial charge in [0.15, 0.2) is 0 Å². The standard InChI is InChI=1S/C27H20N4O7/c1-17-4-2-5-19(14-17)25(32)29-21-9-7-18(8-10-21)26(33)30-28-16-20-15-22(31(35)36)11-12-23(20)38-27(34)24-6-3-13-37-24/h2-16H,1H3,(H,29,32)(H,30,33)/b28-16+. The van der Waals surface area contributed by atoms with Crippen LogP contribution in [0.4, 0.5) is 11.4 Å². The van der Waals surface area contributed by atoms with Crippen molar-refractivity contribution in [2.45, 2.75) is 6.92 Å². The normalized spacial score (nSPS) is 10.7. The van der Waals surface area contributed by atoms with Gasteiger partial charge < -0.3 is 14.5 Å². The number of esters is 1. The molecule has 0 radical (unpaired) electrons. The summed E-state index contributed by atoms with van der Waals surface area (Å²) in [6.45, 7) is 1.89. The average Bonchev–Trinajstić information content (AvgIpc) is 3.45. The first kappa shape index (κ1) is 25.5. The van der Waals surface area contributed by atoms with E-state index in [9.17, 15) is 24.5 Å². The van der Waals surface area contributed by atoms with Crippen molar-refractivity contribution in [3.8, 4) is 5.75 Å². The van der Waals surface area contributed by atoms with E-state index in [0.717, 1.165) is 17.8 Å². The lowest BCUT2D eigenvalue weighted by molar-refractivity contribution is -0.384. The van der Waals surface area contributed by atoms with Crippen LogP contribution in [0.2, 0.25) is 0 Å². The highest BCUT2D eigenvalue weighted by atomic mass is 16.6. The van der Waals surface area contributed by atoms with E-state index in [1.165, 1.54) is 42.7 Å². The number of hydrazone groups is 1. The van der Waals surface area contributed by atoms with Crippen LogP contribution < -0.4 is 15.5 Å². The highest BCUT2D eigenvalue weighted by molar-refractivity contribution is 6.04. The molecule has 0 saturated carbocycles. The van der Waals surface area contributed by atoms with Gasteiger partial charge in [-0.2, -0.15) is 5.10 Å². The van der Waals surface area contributed by atoms with Crippen molar-refractivity contribution in [2.75, 3.05) is 5.32 Å². The fourth-order valence-corrected chi connectivity index (χ4v) is 3.31. The van der Waals surface area contributed by atoms with E-state index in [4.69, 9.17) is 9.15 Å². The van der Waals surface area contributed by atoms with Gasteiger partial charge in [0.2, 0.25) is 5.76 Å². The molecule has 0 atom stereocenters. The zero-order valence-corrected chi connectivity index (χ0v) is 19.9. The molecule has 1 aromatic heterocycles. The molecular weight excluding hydrogens is 492 g/mol. The summed E-state index contributed by atoms with van der Waals surface area (Å²) in [7, 11) is 0. The Morgan fingerprint density at radius 1 is 0.947 bits per heavy atom. The maximum absolute atomic E-state index is 12.5. The number of furan rings is 1. The molecule has 0 bridgehead atoms. The van der Waals surface area contributed by atoms with Crippen LogP contribution in [0.15, 0.2) is 94.6 Å². The summed E-state index contributed by atoms with van der Waals surface area (Å²) in [5.41, 5.74) is 4.34. The molecule has 2 N–H and O–H groups in total. The van der Waals surface area contributed by atoms with Gasteiger partial charge in [-0.15, -0.1) is 0 Å². The molecule has 190 valence electrons. The molecule has 0 saturated heterocycles. The fourth-order valence-electron chi connectivity index (χ4n) is 3.31. The smallest absolute Gasteiger partial charge is 0.379 e. The first-order chi connectivity index (χ1) is 18.3. The minimum absolute atomic E-state index is 0.0243. The summed E-state index contributed by atoms with van der Waals surface area (Å²) in [5.74, 6) is -1.74. The van der Waals surface area contributed by atoms with Crippen molar-refractivity contribution in [1.82, 2.24) is 5.43 Å². The zero-order valence-electron chi connectivity index (χ0n) is 19.9. The molecule has 0 aliphatic carbocycles. The fraction of sp³-hybridized carbons (Fsp3) is 0.0370. The summed E-state index contributed by atoms with van der Waals surface area (Å²) < 4.78 is 10.2. The van der Waals surface area contributed by atoms with Crippen LogP contribution in [0.1, 0.15) is 42.4 Å². The molecule has 11 heteroatoms. The lowest BCUT2D eigenvalue weighted by Gasteiger charge is -2.07. The van der Waals surface area contributed by atoms with Crippen molar-refractivity contribution in [2.24, 2.45) is 5.10 Å². The van der Waals surface area contributed by atoms with Crippen LogP contribution in [-0.4, -0.2) is 28.9 Å². The van der Waals surface area contributed by atoms with Crippen molar-refractivity contribution < 1.29 is 28.5 Å². The number of hydrogen-bond donors (Lipinski definition) is 2. The molecule has 11 nitrogen and oxygen atoms in total. The Morgan fingerprint density at radius 3 is 2.42 bits per heavy atom. The first-order valence-electron chi connectivity index (χ1n) is 11.2. The molecule has 4 rings (SSSR count). The highest BCUT2D eigenvalue weighted by Gasteiger charge is 2.17. The van der Waals surface area contributed by atoms with Crippen LogP contribution in [-0.2, 0) is 0 Å². The van der Waals surface area contributed by atoms with Gasteiger partial charge in [-0.3, -0.25) is 19.7 Å². The van der Waals surface area contributed by atoms with Gasteiger partial charge in [-0.1, -0.05) is 17.7 Å². The number of rotatable bonds is 8. The number of nitrogens with zero attached hydrogens (tertiary/aromatic N) is 2. The Morgan fingerprint density at radius 2 is 1.74 bits per heavy atom. The number of carbonyl (C=O) groups excluding carboxylic acids is 3. The molecule has 2 amide bonds. The topological polar surface area (TPSA) is 153 Å². The Labute approximate surface area is 215 Å². The molecule has 4 aromatic rings. The minimum Gasteiger partial charge on any atom is -0.457 e. The number of ether oxygens (including phenoxy) is 1. The maximum atomic E-state index is 12.5. The predicted octanol–water partition coefficient (Wildman–Crippen LogP) is 4.73. The molecule has 0 aliphatic heterocycles. The van der Waals surface area contributed by atoms with Crippen molar-refractivity contribution in [3.63, 3.8) is 0 Å². The van der Waals surface area contributed by atoms with Gasteiger partial charge >= 0.3 is 5.97 Å². The zero-order chi connectivity index (χ0) is 27.1. The van der Waals surface area contributed by atoms with E-state index in [1.54, 1.807) is 30.3 Å². The van der Waals surface area contributed by atoms with E-state index >= 15 is 0 Å². The summed E-state index contributed by atoms with van der Waals surface area (Å²) in [6, 6.07) is 19.7. The second-order valence-corrected chi connectivity index (χ2v) is 7.95. The number of nitro benzene ring substituents is 1. The number of amides is 2. The third kappa shape index (κ3) is 6.34. The molecule has 38 heavy (non-hydrogen) atoms. The lowest BCUT2D eigenvalue weighted by atomic mass is 10.1. The van der Waals surface area contributed by atoms with Crippen molar-refractivity contribution >= 4 is 35.4 Å². The van der Waals surface area contributed by atoms with Crippen molar-refractivity contribution in [3.05, 3.63) is 123 Å². The lowest BCUT2D eigenvalue weighted by Crippen LogP contribution is -2.18. The summed E-state index contributed by atoms with van der Waals surface area (Å²) in [4.78, 5) is 47.7. The van der Waals surface area contributed by atoms with Crippen LogP contribution in [0.3, 0.4) is 0 Å². The van der Waals surface area contributed by atoms with Gasteiger partial charge in [-0.05, 0) is 61.5 Å². The molecule has 0 aliphatic rings. The van der Waals surface area contributed by atoms with E-state index in [2.05, 4.69) is 15.8 Å². The Hall–Kier alpha value is -5.58. The molecular formula is C27H20N4O7. The monoisotopic (exact) mass is 512 g/mol. The van der Waals surface area contributed by atoms with Crippen LogP contribution in [0, 0.1) is 17.0 Å². The Bertz CT molecular complexity index is 1530. The van der Waals surface area contributed by atoms with Crippen LogP contribution >= 0.6 is 0 Å². The Kier molecular flexibility index (Phi) is 7.68. The van der Waals surface area contributed by atoms with Crippen LogP contribution in [0.5, 0.6) is 5.75 Å². The largest absolute Gasteiger partial charge is 0.457 e. The third-order valence-electron chi connectivity index (χ3n) is 5.18. The third-order valence-corrected chi connectivity index (χ3v) is 5.18. The molecule has 3 aromatic carbocycles. The van der Waals surface area contributed by atoms with E-state index < -0.39 is 16.8 Å². The highest BCUT2D eigenvalue weighted by Crippen LogP contribution is 2.24. The molecule has 0 fully saturated rings. The van der Waals surface area contributed by atoms with Gasteiger partial charge in [0.05, 0.1) is 17.4 Å². The number of hydrogen-bond acceptors (Lipinski definition) is 8. The predicted molar refractivity (Wildman–Crippen MR) is 137 cm³/mol. The van der Waals surface area contributed by atoms with Crippen molar-refractivity contribution in [1.29, 1.82) is 0 Å². The number of aryl methyl sites for hydroxylation is 1. The van der Waals surface area contributed by atoms with Gasteiger partial charge in [0, 0.05) is 34.5 Å². The SMILES string of the molecule is Cc1cccc(C(=O)Nc2ccc(C(=O)N/N=C/c3cc([N+](=O)[O-])ccc3OC(=O)c3ccco3)cc2)c1. The summed E-state index contributed by atoms with van der Waals surface area (Å²) in [5, 5.41) is 17.8. The van der Waals surface area contributed by atoms with Gasteiger partial charge in [-0.25, -0.2) is 10.2 Å². The van der Waals surface area contributed by atoms with Crippen LogP contribution in [0.25, 0.3) is 0 Å². The summed E-state index contributed by atoms with van der Waals surface area (Å²) in [6.07, 6.45) is 2.42. The Balaban J connectivity index is 1.42. The number of anilines is 1. The molecule has 1 heterocycles. The number of nitro groups is 1. The van der Waals surface area contributed by atoms with E-state index in [1.807, 2.05) is 13.0 Å². The molecule has 0 spiro atoms. The second-order valence-electron chi connectivity index (χ2n) is 7.95. The molecule has 0 unspecified atom stereocenters. The first-order valence-corrected chi connectivity index (χ1v) is 11.2. The average molecular weight is 512 g/mol. The van der Waals surface area contributed by atoms with Gasteiger partial charge in [0.1, 0.15) is 5.75 Å². The number of non-ortho nitro benzene ring substituents is 1. The quantitative estimate of drug-likeness (QED) is 0.114. The number of nitrogens with one attached hydrogen (secondary N) is 2.